The first kappa shape index (κ1) is 22.7. The summed E-state index contributed by atoms with van der Waals surface area (Å²) in [5.41, 5.74) is 2.88. The fourth-order valence-corrected chi connectivity index (χ4v) is 4.46. The van der Waals surface area contributed by atoms with Gasteiger partial charge in [0.05, 0.1) is 23.9 Å². The van der Waals surface area contributed by atoms with Crippen molar-refractivity contribution in [3.8, 4) is 22.5 Å². The van der Waals surface area contributed by atoms with E-state index in [1.54, 1.807) is 42.2 Å². The first-order valence-electron chi connectivity index (χ1n) is 11.7. The lowest BCUT2D eigenvalue weighted by Gasteiger charge is -2.31. The zero-order chi connectivity index (χ0) is 24.4. The summed E-state index contributed by atoms with van der Waals surface area (Å²) in [6.07, 6.45) is 1.37. The molecule has 178 valence electrons. The molecule has 0 spiro atoms. The molecular formula is C27H25FN4O3. The number of ether oxygens (including phenoxy) is 1. The predicted molar refractivity (Wildman–Crippen MR) is 129 cm³/mol. The summed E-state index contributed by atoms with van der Waals surface area (Å²) in [5, 5.41) is 4.66. The van der Waals surface area contributed by atoms with Gasteiger partial charge in [0, 0.05) is 30.3 Å². The van der Waals surface area contributed by atoms with Gasteiger partial charge in [0.1, 0.15) is 11.5 Å². The van der Waals surface area contributed by atoms with Crippen molar-refractivity contribution in [2.24, 2.45) is 5.92 Å². The number of benzene rings is 2. The van der Waals surface area contributed by atoms with E-state index >= 15 is 0 Å². The maximum atomic E-state index is 14.6. The number of carbonyl (C=O) groups is 2. The monoisotopic (exact) mass is 472 g/mol. The third-order valence-corrected chi connectivity index (χ3v) is 6.19. The van der Waals surface area contributed by atoms with Gasteiger partial charge in [0.25, 0.3) is 5.91 Å². The first-order chi connectivity index (χ1) is 17.0. The van der Waals surface area contributed by atoms with Crippen LogP contribution in [0, 0.1) is 11.7 Å². The molecule has 3 heterocycles. The van der Waals surface area contributed by atoms with Crippen molar-refractivity contribution in [3.05, 3.63) is 78.2 Å². The van der Waals surface area contributed by atoms with Gasteiger partial charge in [-0.2, -0.15) is 5.10 Å². The van der Waals surface area contributed by atoms with Crippen LogP contribution < -0.4 is 0 Å². The van der Waals surface area contributed by atoms with Crippen molar-refractivity contribution in [3.63, 3.8) is 0 Å². The molecule has 5 rings (SSSR count). The van der Waals surface area contributed by atoms with Crippen LogP contribution in [-0.2, 0) is 9.53 Å². The SMILES string of the molecule is CCOC(=O)[C@@H]1CCCN(C(=O)c2cc(-c3ccccc3F)nc3cc(-c4ccccc4)nn23)C1. The Hall–Kier alpha value is -4.07. The van der Waals surface area contributed by atoms with Crippen LogP contribution in [0.15, 0.2) is 66.7 Å². The van der Waals surface area contributed by atoms with Crippen molar-refractivity contribution < 1.29 is 18.7 Å². The highest BCUT2D eigenvalue weighted by molar-refractivity contribution is 5.95. The Morgan fingerprint density at radius 1 is 1.06 bits per heavy atom. The molecule has 0 N–H and O–H groups in total. The molecule has 8 heteroatoms. The normalized spacial score (nSPS) is 15.8. The molecule has 1 fully saturated rings. The largest absolute Gasteiger partial charge is 0.466 e. The molecule has 0 saturated carbocycles. The molecule has 1 aliphatic rings. The number of halogens is 1. The van der Waals surface area contributed by atoms with E-state index in [1.807, 2.05) is 30.3 Å². The van der Waals surface area contributed by atoms with Crippen molar-refractivity contribution in [2.75, 3.05) is 19.7 Å². The topological polar surface area (TPSA) is 76.8 Å². The highest BCUT2D eigenvalue weighted by atomic mass is 19.1. The lowest BCUT2D eigenvalue weighted by molar-refractivity contribution is -0.149. The molecule has 7 nitrogen and oxygen atoms in total. The first-order valence-corrected chi connectivity index (χ1v) is 11.7. The average molecular weight is 473 g/mol. The Balaban J connectivity index is 1.59. The number of rotatable bonds is 5. The zero-order valence-corrected chi connectivity index (χ0v) is 19.4. The number of likely N-dealkylation sites (tertiary alicyclic amines) is 1. The van der Waals surface area contributed by atoms with Gasteiger partial charge in [-0.3, -0.25) is 9.59 Å². The summed E-state index contributed by atoms with van der Waals surface area (Å²) in [4.78, 5) is 32.3. The Labute approximate surface area is 202 Å². The molecule has 0 unspecified atom stereocenters. The molecule has 0 aliphatic carbocycles. The van der Waals surface area contributed by atoms with E-state index in [2.05, 4.69) is 10.1 Å². The lowest BCUT2D eigenvalue weighted by Crippen LogP contribution is -2.43. The Bertz CT molecular complexity index is 1390. The summed E-state index contributed by atoms with van der Waals surface area (Å²) in [7, 11) is 0. The molecular weight excluding hydrogens is 447 g/mol. The number of aromatic nitrogens is 3. The third kappa shape index (κ3) is 4.51. The van der Waals surface area contributed by atoms with Crippen molar-refractivity contribution in [2.45, 2.75) is 19.8 Å². The van der Waals surface area contributed by atoms with Gasteiger partial charge in [0.15, 0.2) is 5.65 Å². The molecule has 2 aromatic heterocycles. The molecule has 35 heavy (non-hydrogen) atoms. The van der Waals surface area contributed by atoms with E-state index in [-0.39, 0.29) is 30.0 Å². The Morgan fingerprint density at radius 3 is 2.60 bits per heavy atom. The number of fused-ring (bicyclic) bond motifs is 1. The molecule has 1 atom stereocenters. The third-order valence-electron chi connectivity index (χ3n) is 6.19. The van der Waals surface area contributed by atoms with E-state index in [9.17, 15) is 14.0 Å². The highest BCUT2D eigenvalue weighted by Gasteiger charge is 2.31. The second-order valence-electron chi connectivity index (χ2n) is 8.51. The van der Waals surface area contributed by atoms with E-state index in [0.29, 0.717) is 48.6 Å². The molecule has 4 aromatic rings. The molecule has 1 saturated heterocycles. The maximum Gasteiger partial charge on any atom is 0.310 e. The van der Waals surface area contributed by atoms with Crippen LogP contribution in [-0.4, -0.2) is 51.1 Å². The summed E-state index contributed by atoms with van der Waals surface area (Å²) in [5.74, 6) is -1.37. The van der Waals surface area contributed by atoms with Crippen LogP contribution in [0.3, 0.4) is 0 Å². The lowest BCUT2D eigenvalue weighted by atomic mass is 9.98. The van der Waals surface area contributed by atoms with Gasteiger partial charge in [-0.25, -0.2) is 13.9 Å². The molecule has 1 aliphatic heterocycles. The van der Waals surface area contributed by atoms with Crippen LogP contribution in [0.5, 0.6) is 0 Å². The minimum absolute atomic E-state index is 0.264. The molecule has 0 radical (unpaired) electrons. The zero-order valence-electron chi connectivity index (χ0n) is 19.4. The van der Waals surface area contributed by atoms with Crippen molar-refractivity contribution in [1.82, 2.24) is 19.5 Å². The second kappa shape index (κ2) is 9.66. The van der Waals surface area contributed by atoms with Gasteiger partial charge >= 0.3 is 5.97 Å². The molecule has 0 bridgehead atoms. The quantitative estimate of drug-likeness (QED) is 0.396. The van der Waals surface area contributed by atoms with Crippen LogP contribution in [0.25, 0.3) is 28.2 Å². The molecule has 2 aromatic carbocycles. The number of hydrogen-bond acceptors (Lipinski definition) is 5. The van der Waals surface area contributed by atoms with E-state index < -0.39 is 5.82 Å². The number of amides is 1. The Morgan fingerprint density at radius 2 is 1.83 bits per heavy atom. The van der Waals surface area contributed by atoms with Crippen LogP contribution in [0.4, 0.5) is 4.39 Å². The van der Waals surface area contributed by atoms with Crippen LogP contribution >= 0.6 is 0 Å². The maximum absolute atomic E-state index is 14.6. The fraction of sp³-hybridized carbons (Fsp3) is 0.259. The van der Waals surface area contributed by atoms with Crippen LogP contribution in [0.2, 0.25) is 0 Å². The smallest absolute Gasteiger partial charge is 0.310 e. The van der Waals surface area contributed by atoms with Gasteiger partial charge in [-0.15, -0.1) is 0 Å². The van der Waals surface area contributed by atoms with Gasteiger partial charge in [-0.05, 0) is 38.0 Å². The highest BCUT2D eigenvalue weighted by Crippen LogP contribution is 2.27. The summed E-state index contributed by atoms with van der Waals surface area (Å²) in [6.45, 7) is 2.85. The minimum Gasteiger partial charge on any atom is -0.466 e. The number of hydrogen-bond donors (Lipinski definition) is 0. The number of esters is 1. The minimum atomic E-state index is -0.425. The van der Waals surface area contributed by atoms with Gasteiger partial charge in [-0.1, -0.05) is 42.5 Å². The Kier molecular flexibility index (Phi) is 6.27. The van der Waals surface area contributed by atoms with E-state index in [1.165, 1.54) is 10.6 Å². The van der Waals surface area contributed by atoms with E-state index in [4.69, 9.17) is 4.74 Å². The second-order valence-corrected chi connectivity index (χ2v) is 8.51. The predicted octanol–water partition coefficient (Wildman–Crippen LogP) is 4.62. The number of nitrogens with zero attached hydrogens (tertiary/aromatic N) is 4. The average Bonchev–Trinajstić information content (AvgIpc) is 3.33. The number of piperidine rings is 1. The van der Waals surface area contributed by atoms with Crippen molar-refractivity contribution >= 4 is 17.5 Å². The van der Waals surface area contributed by atoms with Gasteiger partial charge in [0.2, 0.25) is 0 Å². The van der Waals surface area contributed by atoms with Crippen LogP contribution in [0.1, 0.15) is 30.3 Å². The summed E-state index contributed by atoms with van der Waals surface area (Å²) < 4.78 is 21.3. The molecule has 1 amide bonds. The standard InChI is InChI=1S/C27H25FN4O3/c1-2-35-27(34)19-11-8-14-31(17-19)26(33)24-15-23(20-12-6-7-13-21(20)28)29-25-16-22(30-32(24)25)18-9-4-3-5-10-18/h3-7,9-10,12-13,15-16,19H,2,8,11,14,17H2,1H3/t19-/m1/s1. The van der Waals surface area contributed by atoms with E-state index in [0.717, 1.165) is 5.56 Å². The van der Waals surface area contributed by atoms with Crippen molar-refractivity contribution in [1.29, 1.82) is 0 Å². The fourth-order valence-electron chi connectivity index (χ4n) is 4.46. The summed E-state index contributed by atoms with van der Waals surface area (Å²) >= 11 is 0. The number of carbonyl (C=O) groups excluding carboxylic acids is 2. The summed E-state index contributed by atoms with van der Waals surface area (Å²) in [6, 6.07) is 19.3. The van der Waals surface area contributed by atoms with Gasteiger partial charge < -0.3 is 9.64 Å².